The fourth-order valence-electron chi connectivity index (χ4n) is 2.29. The predicted octanol–water partition coefficient (Wildman–Crippen LogP) is 3.09. The molecule has 6 heteroatoms. The summed E-state index contributed by atoms with van der Waals surface area (Å²) in [4.78, 5) is 24.8. The van der Waals surface area contributed by atoms with Gasteiger partial charge in [-0.3, -0.25) is 4.79 Å². The molecule has 1 saturated heterocycles. The van der Waals surface area contributed by atoms with E-state index in [1.165, 1.54) is 0 Å². The third-order valence-corrected chi connectivity index (χ3v) is 3.99. The zero-order valence-corrected chi connectivity index (χ0v) is 12.8. The maximum absolute atomic E-state index is 12.2. The molecule has 2 amide bonds. The van der Waals surface area contributed by atoms with Crippen LogP contribution in [0.5, 0.6) is 0 Å². The maximum Gasteiger partial charge on any atom is 0.321 e. The van der Waals surface area contributed by atoms with Gasteiger partial charge in [0.2, 0.25) is 0 Å². The molecule has 0 bridgehead atoms. The van der Waals surface area contributed by atoms with Crippen LogP contribution in [-0.2, 0) is 4.79 Å². The number of nitrogens with one attached hydrogen (secondary N) is 1. The monoisotopic (exact) mass is 340 g/mol. The molecule has 0 saturated carbocycles. The van der Waals surface area contributed by atoms with Crippen LogP contribution in [0.1, 0.15) is 18.4 Å². The van der Waals surface area contributed by atoms with Crippen LogP contribution in [0.2, 0.25) is 0 Å². The second kappa shape index (κ2) is 6.26. The number of carbonyl (C=O) groups excluding carboxylic acids is 1. The fourth-order valence-corrected chi connectivity index (χ4v) is 2.65. The topological polar surface area (TPSA) is 69.6 Å². The molecule has 1 atom stereocenters. The number of rotatable bonds is 2. The molecular weight excluding hydrogens is 324 g/mol. The summed E-state index contributed by atoms with van der Waals surface area (Å²) in [5.74, 6) is -1.29. The normalized spacial score (nSPS) is 18.7. The Morgan fingerprint density at radius 2 is 2.20 bits per heavy atom. The molecule has 1 aliphatic heterocycles. The molecule has 1 fully saturated rings. The van der Waals surface area contributed by atoms with Crippen LogP contribution in [0.25, 0.3) is 0 Å². The lowest BCUT2D eigenvalue weighted by Crippen LogP contribution is -2.44. The van der Waals surface area contributed by atoms with Crippen molar-refractivity contribution in [2.45, 2.75) is 19.8 Å². The number of carboxylic acid groups (broad SMARTS) is 1. The molecule has 0 spiro atoms. The van der Waals surface area contributed by atoms with Gasteiger partial charge in [0.25, 0.3) is 0 Å². The van der Waals surface area contributed by atoms with Gasteiger partial charge in [-0.1, -0.05) is 22.0 Å². The number of carbonyl (C=O) groups is 2. The maximum atomic E-state index is 12.2. The first kappa shape index (κ1) is 14.8. The first-order chi connectivity index (χ1) is 9.47. The molecule has 1 aromatic carbocycles. The van der Waals surface area contributed by atoms with E-state index in [1.807, 2.05) is 25.1 Å². The summed E-state index contributed by atoms with van der Waals surface area (Å²) in [6, 6.07) is 5.42. The Hall–Kier alpha value is -1.56. The number of carboxylic acids is 1. The first-order valence-electron chi connectivity index (χ1n) is 6.52. The summed E-state index contributed by atoms with van der Waals surface area (Å²) in [5, 5.41) is 11.9. The zero-order chi connectivity index (χ0) is 14.7. The van der Waals surface area contributed by atoms with Crippen LogP contribution in [0.15, 0.2) is 22.7 Å². The first-order valence-corrected chi connectivity index (χ1v) is 7.31. The largest absolute Gasteiger partial charge is 0.481 e. The highest BCUT2D eigenvalue weighted by atomic mass is 79.9. The highest BCUT2D eigenvalue weighted by Gasteiger charge is 2.28. The van der Waals surface area contributed by atoms with E-state index in [1.54, 1.807) is 4.90 Å². The molecule has 20 heavy (non-hydrogen) atoms. The Kier molecular flexibility index (Phi) is 4.65. The molecule has 5 nitrogen and oxygen atoms in total. The van der Waals surface area contributed by atoms with Crippen LogP contribution in [-0.4, -0.2) is 35.1 Å². The molecule has 0 aromatic heterocycles. The second-order valence-corrected chi connectivity index (χ2v) is 5.93. The number of aliphatic carboxylic acids is 1. The van der Waals surface area contributed by atoms with E-state index in [9.17, 15) is 9.59 Å². The smallest absolute Gasteiger partial charge is 0.321 e. The zero-order valence-electron chi connectivity index (χ0n) is 11.2. The van der Waals surface area contributed by atoms with E-state index in [0.717, 1.165) is 22.1 Å². The molecule has 1 aromatic rings. The minimum Gasteiger partial charge on any atom is -0.481 e. The van der Waals surface area contributed by atoms with Gasteiger partial charge in [-0.05, 0) is 37.5 Å². The molecule has 108 valence electrons. The Morgan fingerprint density at radius 1 is 1.45 bits per heavy atom. The van der Waals surface area contributed by atoms with Crippen LogP contribution in [0.4, 0.5) is 10.5 Å². The van der Waals surface area contributed by atoms with Gasteiger partial charge < -0.3 is 15.3 Å². The van der Waals surface area contributed by atoms with Crippen LogP contribution >= 0.6 is 15.9 Å². The highest BCUT2D eigenvalue weighted by molar-refractivity contribution is 9.10. The van der Waals surface area contributed by atoms with Crippen LogP contribution in [0.3, 0.4) is 0 Å². The lowest BCUT2D eigenvalue weighted by atomic mass is 9.99. The van der Waals surface area contributed by atoms with E-state index >= 15 is 0 Å². The molecular formula is C14H17BrN2O3. The van der Waals surface area contributed by atoms with Crippen molar-refractivity contribution in [3.8, 4) is 0 Å². The van der Waals surface area contributed by atoms with E-state index in [-0.39, 0.29) is 12.6 Å². The third kappa shape index (κ3) is 3.50. The van der Waals surface area contributed by atoms with Gasteiger partial charge in [-0.25, -0.2) is 4.79 Å². The van der Waals surface area contributed by atoms with Gasteiger partial charge in [0, 0.05) is 23.2 Å². The van der Waals surface area contributed by atoms with Gasteiger partial charge in [0.1, 0.15) is 0 Å². The number of anilines is 1. The van der Waals surface area contributed by atoms with E-state index in [2.05, 4.69) is 21.2 Å². The molecule has 1 aliphatic rings. The van der Waals surface area contributed by atoms with Crippen molar-refractivity contribution < 1.29 is 14.7 Å². The van der Waals surface area contributed by atoms with Gasteiger partial charge in [0.15, 0.2) is 0 Å². The summed E-state index contributed by atoms with van der Waals surface area (Å²) >= 11 is 3.37. The van der Waals surface area contributed by atoms with Crippen molar-refractivity contribution in [3.05, 3.63) is 28.2 Å². The number of hydrogen-bond donors (Lipinski definition) is 2. The number of halogens is 1. The molecule has 0 radical (unpaired) electrons. The summed E-state index contributed by atoms with van der Waals surface area (Å²) in [5.41, 5.74) is 1.70. The summed E-state index contributed by atoms with van der Waals surface area (Å²) in [6.07, 6.45) is 1.36. The Balaban J connectivity index is 2.04. The number of nitrogens with zero attached hydrogens (tertiary/aromatic N) is 1. The molecule has 0 aliphatic carbocycles. The minimum absolute atomic E-state index is 0.239. The number of aryl methyl sites for hydroxylation is 1. The van der Waals surface area contributed by atoms with Crippen LogP contribution < -0.4 is 5.32 Å². The van der Waals surface area contributed by atoms with E-state index in [4.69, 9.17) is 5.11 Å². The number of urea groups is 1. The Labute approximate surface area is 126 Å². The lowest BCUT2D eigenvalue weighted by Gasteiger charge is -2.30. The van der Waals surface area contributed by atoms with Gasteiger partial charge >= 0.3 is 12.0 Å². The minimum atomic E-state index is -0.832. The van der Waals surface area contributed by atoms with Gasteiger partial charge in [-0.15, -0.1) is 0 Å². The standard InChI is InChI=1S/C14H17BrN2O3/c1-9-4-5-11(15)7-12(9)16-14(20)17-6-2-3-10(8-17)13(18)19/h4-5,7,10H,2-3,6,8H2,1H3,(H,16,20)(H,18,19). The quantitative estimate of drug-likeness (QED) is 0.869. The highest BCUT2D eigenvalue weighted by Crippen LogP contribution is 2.22. The molecule has 1 unspecified atom stereocenters. The second-order valence-electron chi connectivity index (χ2n) is 5.01. The number of hydrogen-bond acceptors (Lipinski definition) is 2. The third-order valence-electron chi connectivity index (χ3n) is 3.50. The van der Waals surface area contributed by atoms with Gasteiger partial charge in [-0.2, -0.15) is 0 Å². The number of amides is 2. The average Bonchev–Trinajstić information content (AvgIpc) is 2.43. The summed E-state index contributed by atoms with van der Waals surface area (Å²) < 4.78 is 0.889. The predicted molar refractivity (Wildman–Crippen MR) is 79.8 cm³/mol. The van der Waals surface area contributed by atoms with Crippen molar-refractivity contribution in [2.75, 3.05) is 18.4 Å². The fraction of sp³-hybridized carbons (Fsp3) is 0.429. The molecule has 2 rings (SSSR count). The van der Waals surface area contributed by atoms with E-state index in [0.29, 0.717) is 13.0 Å². The number of benzene rings is 1. The lowest BCUT2D eigenvalue weighted by molar-refractivity contribution is -0.143. The number of piperidine rings is 1. The van der Waals surface area contributed by atoms with Crippen LogP contribution in [0, 0.1) is 12.8 Å². The Morgan fingerprint density at radius 3 is 2.90 bits per heavy atom. The van der Waals surface area contributed by atoms with Crippen molar-refractivity contribution in [1.29, 1.82) is 0 Å². The van der Waals surface area contributed by atoms with Gasteiger partial charge in [0.05, 0.1) is 5.92 Å². The average molecular weight is 341 g/mol. The van der Waals surface area contributed by atoms with Crippen molar-refractivity contribution in [2.24, 2.45) is 5.92 Å². The molecule has 2 N–H and O–H groups in total. The SMILES string of the molecule is Cc1ccc(Br)cc1NC(=O)N1CCCC(C(=O)O)C1. The summed E-state index contributed by atoms with van der Waals surface area (Å²) in [7, 11) is 0. The van der Waals surface area contributed by atoms with E-state index < -0.39 is 11.9 Å². The molecule has 1 heterocycles. The van der Waals surface area contributed by atoms with Crippen molar-refractivity contribution >= 4 is 33.6 Å². The van der Waals surface area contributed by atoms with Crippen molar-refractivity contribution in [1.82, 2.24) is 4.90 Å². The Bertz CT molecular complexity index is 533. The number of likely N-dealkylation sites (tertiary alicyclic amines) is 1. The summed E-state index contributed by atoms with van der Waals surface area (Å²) in [6.45, 7) is 2.79. The van der Waals surface area contributed by atoms with Crippen molar-refractivity contribution in [3.63, 3.8) is 0 Å².